The van der Waals surface area contributed by atoms with E-state index in [0.29, 0.717) is 0 Å². The van der Waals surface area contributed by atoms with Crippen LogP contribution in [0.1, 0.15) is 11.1 Å². The van der Waals surface area contributed by atoms with E-state index in [-0.39, 0.29) is 18.6 Å². The van der Waals surface area contributed by atoms with Gasteiger partial charge in [-0.05, 0) is 11.6 Å². The number of ether oxygens (including phenoxy) is 1. The third-order valence-corrected chi connectivity index (χ3v) is 2.70. The van der Waals surface area contributed by atoms with Crippen LogP contribution in [0.3, 0.4) is 0 Å². The first-order valence-electron chi connectivity index (χ1n) is 5.98. The number of amides is 2. The van der Waals surface area contributed by atoms with E-state index in [4.69, 9.17) is 5.73 Å². The molecule has 1 rings (SSSR count). The van der Waals surface area contributed by atoms with Crippen molar-refractivity contribution in [1.82, 2.24) is 5.32 Å². The quantitative estimate of drug-likeness (QED) is 0.818. The number of benzene rings is 1. The molecule has 2 amide bonds. The van der Waals surface area contributed by atoms with Crippen LogP contribution in [0.2, 0.25) is 0 Å². The van der Waals surface area contributed by atoms with Crippen molar-refractivity contribution >= 4 is 11.8 Å². The van der Waals surface area contributed by atoms with Crippen LogP contribution < -0.4 is 11.1 Å². The Labute approximate surface area is 119 Å². The minimum Gasteiger partial charge on any atom is -0.375 e. The number of hydrogen-bond donors (Lipinski definition) is 2. The van der Waals surface area contributed by atoms with Crippen molar-refractivity contribution in [2.45, 2.75) is 18.6 Å². The second-order valence-electron chi connectivity index (χ2n) is 4.31. The summed E-state index contributed by atoms with van der Waals surface area (Å²) in [4.78, 5) is 22.7. The first kappa shape index (κ1) is 17.0. The highest BCUT2D eigenvalue weighted by Crippen LogP contribution is 2.32. The first-order chi connectivity index (χ1) is 9.75. The van der Waals surface area contributed by atoms with Gasteiger partial charge >= 0.3 is 6.18 Å². The minimum atomic E-state index is -4.55. The van der Waals surface area contributed by atoms with E-state index in [9.17, 15) is 22.8 Å². The molecule has 0 aliphatic rings. The normalized spacial score (nSPS) is 12.8. The summed E-state index contributed by atoms with van der Waals surface area (Å²) < 4.78 is 43.1. The van der Waals surface area contributed by atoms with Crippen LogP contribution in [0.15, 0.2) is 24.3 Å². The molecule has 1 aromatic rings. The fourth-order valence-corrected chi connectivity index (χ4v) is 1.78. The number of nitrogens with two attached hydrogens (primary N) is 1. The summed E-state index contributed by atoms with van der Waals surface area (Å²) in [5, 5.41) is 2.24. The molecular formula is C13H15F3N2O3. The fraction of sp³-hybridized carbons (Fsp3) is 0.385. The summed E-state index contributed by atoms with van der Waals surface area (Å²) in [5.74, 6) is -1.55. The highest BCUT2D eigenvalue weighted by molar-refractivity contribution is 5.87. The monoisotopic (exact) mass is 304 g/mol. The molecule has 0 saturated carbocycles. The number of carbonyl (C=O) groups excluding carboxylic acids is 2. The van der Waals surface area contributed by atoms with Gasteiger partial charge in [0.25, 0.3) is 0 Å². The molecule has 0 fully saturated rings. The molecule has 0 aromatic heterocycles. The highest BCUT2D eigenvalue weighted by atomic mass is 19.4. The zero-order valence-corrected chi connectivity index (χ0v) is 11.2. The molecule has 0 heterocycles. The van der Waals surface area contributed by atoms with E-state index in [0.717, 1.165) is 6.07 Å². The van der Waals surface area contributed by atoms with Crippen LogP contribution in [-0.4, -0.2) is 31.6 Å². The van der Waals surface area contributed by atoms with E-state index < -0.39 is 29.6 Å². The Morgan fingerprint density at radius 3 is 2.48 bits per heavy atom. The van der Waals surface area contributed by atoms with E-state index >= 15 is 0 Å². The largest absolute Gasteiger partial charge is 0.416 e. The predicted octanol–water partition coefficient (Wildman–Crippen LogP) is 0.864. The molecule has 0 spiro atoms. The summed E-state index contributed by atoms with van der Waals surface area (Å²) in [5.41, 5.74) is 4.13. The Balaban J connectivity index is 2.95. The smallest absolute Gasteiger partial charge is 0.375 e. The van der Waals surface area contributed by atoms with Crippen LogP contribution in [0.5, 0.6) is 0 Å². The summed E-state index contributed by atoms with van der Waals surface area (Å²) in [6.45, 7) is -0.315. The molecular weight excluding hydrogens is 289 g/mol. The standard InChI is InChI=1S/C13H15F3N2O3/c1-21-7-11(19)18-10(12(17)20)6-8-4-2-3-5-9(8)13(14,15)16/h2-5,10H,6-7H2,1H3,(H2,17,20)(H,18,19)/t10-/m1/s1. The third kappa shape index (κ3) is 5.07. The molecule has 5 nitrogen and oxygen atoms in total. The summed E-state index contributed by atoms with van der Waals surface area (Å²) in [6.07, 6.45) is -4.89. The van der Waals surface area contributed by atoms with Gasteiger partial charge in [-0.25, -0.2) is 0 Å². The van der Waals surface area contributed by atoms with Crippen LogP contribution in [0.25, 0.3) is 0 Å². The summed E-state index contributed by atoms with van der Waals surface area (Å²) in [7, 11) is 1.28. The molecule has 0 aliphatic carbocycles. The van der Waals surface area contributed by atoms with Gasteiger partial charge in [0.05, 0.1) is 5.56 Å². The third-order valence-electron chi connectivity index (χ3n) is 2.70. The van der Waals surface area contributed by atoms with Crippen molar-refractivity contribution in [3.8, 4) is 0 Å². The van der Waals surface area contributed by atoms with Gasteiger partial charge in [0.1, 0.15) is 12.6 Å². The van der Waals surface area contributed by atoms with Gasteiger partial charge in [-0.1, -0.05) is 18.2 Å². The Kier molecular flexibility index (Phi) is 5.71. The maximum Gasteiger partial charge on any atom is 0.416 e. The van der Waals surface area contributed by atoms with E-state index in [1.165, 1.54) is 25.3 Å². The Morgan fingerprint density at radius 2 is 1.95 bits per heavy atom. The van der Waals surface area contributed by atoms with Gasteiger partial charge < -0.3 is 15.8 Å². The van der Waals surface area contributed by atoms with Crippen LogP contribution in [0, 0.1) is 0 Å². The molecule has 8 heteroatoms. The number of halogens is 3. The molecule has 0 radical (unpaired) electrons. The van der Waals surface area contributed by atoms with Crippen LogP contribution >= 0.6 is 0 Å². The lowest BCUT2D eigenvalue weighted by Gasteiger charge is -2.18. The van der Waals surface area contributed by atoms with Gasteiger partial charge in [-0.2, -0.15) is 13.2 Å². The second-order valence-corrected chi connectivity index (χ2v) is 4.31. The van der Waals surface area contributed by atoms with Gasteiger partial charge in [0, 0.05) is 13.5 Å². The van der Waals surface area contributed by atoms with Crippen molar-refractivity contribution in [3.05, 3.63) is 35.4 Å². The number of carbonyl (C=O) groups is 2. The molecule has 3 N–H and O–H groups in total. The first-order valence-corrected chi connectivity index (χ1v) is 5.98. The lowest BCUT2D eigenvalue weighted by molar-refractivity contribution is -0.138. The number of nitrogens with one attached hydrogen (secondary N) is 1. The Bertz CT molecular complexity index is 518. The van der Waals surface area contributed by atoms with E-state index in [2.05, 4.69) is 10.1 Å². The van der Waals surface area contributed by atoms with Gasteiger partial charge in [0.15, 0.2) is 0 Å². The van der Waals surface area contributed by atoms with Crippen molar-refractivity contribution in [2.75, 3.05) is 13.7 Å². The number of alkyl halides is 3. The minimum absolute atomic E-state index is 0.119. The summed E-state index contributed by atoms with van der Waals surface area (Å²) >= 11 is 0. The average Bonchev–Trinajstić information content (AvgIpc) is 2.37. The van der Waals surface area contributed by atoms with Gasteiger partial charge in [0.2, 0.25) is 11.8 Å². The van der Waals surface area contributed by atoms with E-state index in [1.54, 1.807) is 0 Å². The molecule has 0 unspecified atom stereocenters. The number of rotatable bonds is 6. The molecule has 21 heavy (non-hydrogen) atoms. The van der Waals surface area contributed by atoms with Crippen molar-refractivity contribution in [3.63, 3.8) is 0 Å². The van der Waals surface area contributed by atoms with Crippen LogP contribution in [-0.2, 0) is 26.9 Å². The molecule has 1 atom stereocenters. The Morgan fingerprint density at radius 1 is 1.33 bits per heavy atom. The molecule has 1 aromatic carbocycles. The zero-order valence-electron chi connectivity index (χ0n) is 11.2. The van der Waals surface area contributed by atoms with Crippen molar-refractivity contribution in [1.29, 1.82) is 0 Å². The predicted molar refractivity (Wildman–Crippen MR) is 68.1 cm³/mol. The van der Waals surface area contributed by atoms with Crippen molar-refractivity contribution < 1.29 is 27.5 Å². The molecule has 116 valence electrons. The lowest BCUT2D eigenvalue weighted by atomic mass is 9.99. The van der Waals surface area contributed by atoms with Gasteiger partial charge in [-0.3, -0.25) is 9.59 Å². The molecule has 0 aliphatic heterocycles. The second kappa shape index (κ2) is 7.07. The van der Waals surface area contributed by atoms with Gasteiger partial charge in [-0.15, -0.1) is 0 Å². The van der Waals surface area contributed by atoms with Crippen LogP contribution in [0.4, 0.5) is 13.2 Å². The van der Waals surface area contributed by atoms with Crippen molar-refractivity contribution in [2.24, 2.45) is 5.73 Å². The maximum absolute atomic E-state index is 12.9. The summed E-state index contributed by atoms with van der Waals surface area (Å²) in [6, 6.07) is 3.57. The number of primary amides is 1. The molecule has 0 bridgehead atoms. The molecule has 0 saturated heterocycles. The Hall–Kier alpha value is -2.09. The highest BCUT2D eigenvalue weighted by Gasteiger charge is 2.34. The topological polar surface area (TPSA) is 81.4 Å². The van der Waals surface area contributed by atoms with E-state index in [1.807, 2.05) is 0 Å². The number of hydrogen-bond acceptors (Lipinski definition) is 3. The SMILES string of the molecule is COCC(=O)N[C@H](Cc1ccccc1C(F)(F)F)C(N)=O. The average molecular weight is 304 g/mol. The number of methoxy groups -OCH3 is 1. The zero-order chi connectivity index (χ0) is 16.0. The lowest BCUT2D eigenvalue weighted by Crippen LogP contribution is -2.47. The fourth-order valence-electron chi connectivity index (χ4n) is 1.78. The maximum atomic E-state index is 12.9.